The van der Waals surface area contributed by atoms with E-state index in [9.17, 15) is 14.0 Å². The van der Waals surface area contributed by atoms with Crippen molar-refractivity contribution in [1.29, 1.82) is 0 Å². The molecule has 12 nitrogen and oxygen atoms in total. The largest absolute Gasteiger partial charge is 0.382 e. The number of pyridine rings is 2. The molecule has 0 spiro atoms. The summed E-state index contributed by atoms with van der Waals surface area (Å²) in [6, 6.07) is 7.20. The van der Waals surface area contributed by atoms with Gasteiger partial charge in [-0.2, -0.15) is 0 Å². The first kappa shape index (κ1) is 25.0. The highest BCUT2D eigenvalue weighted by atomic mass is 19.1. The third kappa shape index (κ3) is 4.83. The predicted octanol–water partition coefficient (Wildman–Crippen LogP) is 2.18. The van der Waals surface area contributed by atoms with Gasteiger partial charge in [-0.05, 0) is 43.2 Å². The van der Waals surface area contributed by atoms with Crippen LogP contribution in [-0.2, 0) is 7.05 Å². The first-order chi connectivity index (χ1) is 18.2. The number of benzene rings is 1. The second kappa shape index (κ2) is 10.0. The van der Waals surface area contributed by atoms with Gasteiger partial charge in [0.1, 0.15) is 11.3 Å². The number of anilines is 3. The van der Waals surface area contributed by atoms with E-state index in [1.807, 2.05) is 0 Å². The van der Waals surface area contributed by atoms with Crippen LogP contribution < -0.4 is 27.8 Å². The van der Waals surface area contributed by atoms with Crippen LogP contribution in [0.3, 0.4) is 0 Å². The van der Waals surface area contributed by atoms with Gasteiger partial charge in [0.25, 0.3) is 11.8 Å². The van der Waals surface area contributed by atoms with Crippen LogP contribution in [0.15, 0.2) is 36.5 Å². The van der Waals surface area contributed by atoms with Crippen molar-refractivity contribution in [3.63, 3.8) is 0 Å². The Bertz CT molecular complexity index is 1550. The van der Waals surface area contributed by atoms with Crippen LogP contribution in [0.4, 0.5) is 21.7 Å². The lowest BCUT2D eigenvalue weighted by molar-refractivity contribution is 0.0997. The molecule has 196 valence electrons. The average molecular weight is 519 g/mol. The molecule has 0 bridgehead atoms. The molecular weight excluding hydrogens is 491 g/mol. The molecular formula is C25H27FN10O2. The molecule has 2 amide bonds. The fraction of sp³-hybridized carbons (Fsp3) is 0.280. The molecule has 0 saturated heterocycles. The highest BCUT2D eigenvalue weighted by molar-refractivity contribution is 6.07. The van der Waals surface area contributed by atoms with Crippen molar-refractivity contribution in [2.24, 2.45) is 18.5 Å². The van der Waals surface area contributed by atoms with Crippen LogP contribution in [0.25, 0.3) is 22.3 Å². The molecule has 2 atom stereocenters. The lowest BCUT2D eigenvalue weighted by atomic mass is 9.91. The molecule has 1 aliphatic carbocycles. The second-order valence-electron chi connectivity index (χ2n) is 9.31. The Morgan fingerprint density at radius 1 is 1.16 bits per heavy atom. The number of hydrogen-bond donors (Lipinski definition) is 5. The number of fused-ring (bicyclic) bond motifs is 1. The summed E-state index contributed by atoms with van der Waals surface area (Å²) in [5.41, 5.74) is 19.9. The number of aryl methyl sites for hydroxylation is 1. The first-order valence-corrected chi connectivity index (χ1v) is 12.1. The zero-order valence-electron chi connectivity index (χ0n) is 20.6. The van der Waals surface area contributed by atoms with Gasteiger partial charge in [0, 0.05) is 36.5 Å². The number of nitrogen functional groups attached to an aromatic ring is 1. The number of nitrogens with zero attached hydrogens (tertiary/aromatic N) is 5. The number of nitrogens with two attached hydrogens (primary N) is 3. The molecule has 5 rings (SSSR count). The molecule has 3 heterocycles. The van der Waals surface area contributed by atoms with E-state index >= 15 is 0 Å². The first-order valence-electron chi connectivity index (χ1n) is 12.1. The van der Waals surface area contributed by atoms with Gasteiger partial charge in [-0.25, -0.2) is 19.0 Å². The van der Waals surface area contributed by atoms with Crippen molar-refractivity contribution in [3.05, 3.63) is 53.5 Å². The number of carbonyl (C=O) groups excluding carboxylic acids is 2. The lowest BCUT2D eigenvalue weighted by Crippen LogP contribution is -2.43. The Balaban J connectivity index is 1.48. The van der Waals surface area contributed by atoms with Gasteiger partial charge in [0.2, 0.25) is 0 Å². The predicted molar refractivity (Wildman–Crippen MR) is 141 cm³/mol. The molecule has 0 unspecified atom stereocenters. The van der Waals surface area contributed by atoms with Crippen LogP contribution >= 0.6 is 0 Å². The van der Waals surface area contributed by atoms with Crippen molar-refractivity contribution in [1.82, 2.24) is 25.0 Å². The number of rotatable bonds is 6. The molecule has 3 aromatic heterocycles. The molecule has 0 aliphatic heterocycles. The summed E-state index contributed by atoms with van der Waals surface area (Å²) < 4.78 is 16.5. The Labute approximate surface area is 216 Å². The summed E-state index contributed by atoms with van der Waals surface area (Å²) in [5, 5.41) is 13.8. The minimum Gasteiger partial charge on any atom is -0.382 e. The van der Waals surface area contributed by atoms with Crippen molar-refractivity contribution >= 4 is 40.2 Å². The van der Waals surface area contributed by atoms with E-state index in [0.29, 0.717) is 16.6 Å². The smallest absolute Gasteiger partial charge is 0.255 e. The van der Waals surface area contributed by atoms with Gasteiger partial charge in [-0.3, -0.25) is 9.59 Å². The topological polar surface area (TPSA) is 193 Å². The highest BCUT2D eigenvalue weighted by Crippen LogP contribution is 2.30. The van der Waals surface area contributed by atoms with Crippen LogP contribution in [0.5, 0.6) is 0 Å². The zero-order valence-corrected chi connectivity index (χ0v) is 20.6. The van der Waals surface area contributed by atoms with E-state index in [-0.39, 0.29) is 40.7 Å². The van der Waals surface area contributed by atoms with Gasteiger partial charge in [0.05, 0.1) is 22.5 Å². The molecule has 1 fully saturated rings. The standard InChI is InChI=1S/C25H27FN10O2/c1-36-20-7-6-12(8-18(20)34-35-36)25(38)32-19-9-13(11-30-22(19)28)21-14(23(29)37)10-15(26)24(33-21)31-17-5-3-2-4-16(17)27/h6-11,16-17H,2-5,27H2,1H3,(H2,28,30)(H2,29,37)(H,31,33)(H,32,38)/t16-,17+/m0/s1. The molecule has 1 saturated carbocycles. The second-order valence-corrected chi connectivity index (χ2v) is 9.31. The Kier molecular flexibility index (Phi) is 6.59. The number of hydrogen-bond acceptors (Lipinski definition) is 9. The number of halogens is 1. The van der Waals surface area contributed by atoms with Crippen molar-refractivity contribution < 1.29 is 14.0 Å². The highest BCUT2D eigenvalue weighted by Gasteiger charge is 2.25. The number of primary amides is 1. The maximum absolute atomic E-state index is 14.9. The minimum absolute atomic E-state index is 0.0388. The summed E-state index contributed by atoms with van der Waals surface area (Å²) in [5.74, 6) is -2.06. The van der Waals surface area contributed by atoms with Crippen LogP contribution in [0.1, 0.15) is 46.4 Å². The Hall–Kier alpha value is -4.65. The number of nitrogens with one attached hydrogen (secondary N) is 2. The summed E-state index contributed by atoms with van der Waals surface area (Å²) in [6.07, 6.45) is 4.95. The SMILES string of the molecule is Cn1nnc2cc(C(=O)Nc3cc(-c4nc(N[C@@H]5CCCC[C@@H]5N)c(F)cc4C(N)=O)cnc3N)ccc21. The van der Waals surface area contributed by atoms with E-state index in [2.05, 4.69) is 30.9 Å². The summed E-state index contributed by atoms with van der Waals surface area (Å²) in [7, 11) is 1.75. The fourth-order valence-corrected chi connectivity index (χ4v) is 4.59. The van der Waals surface area contributed by atoms with Gasteiger partial charge in [0.15, 0.2) is 11.6 Å². The van der Waals surface area contributed by atoms with Crippen LogP contribution in [0.2, 0.25) is 0 Å². The average Bonchev–Trinajstić information content (AvgIpc) is 3.27. The van der Waals surface area contributed by atoms with Crippen molar-refractivity contribution in [3.8, 4) is 11.3 Å². The Morgan fingerprint density at radius 2 is 1.95 bits per heavy atom. The fourth-order valence-electron chi connectivity index (χ4n) is 4.59. The lowest BCUT2D eigenvalue weighted by Gasteiger charge is -2.30. The molecule has 13 heteroatoms. The molecule has 0 radical (unpaired) electrons. The quantitative estimate of drug-likeness (QED) is 0.254. The van der Waals surface area contributed by atoms with Gasteiger partial charge >= 0.3 is 0 Å². The minimum atomic E-state index is -0.869. The monoisotopic (exact) mass is 518 g/mol. The van der Waals surface area contributed by atoms with E-state index in [4.69, 9.17) is 17.2 Å². The van der Waals surface area contributed by atoms with Crippen molar-refractivity contribution in [2.45, 2.75) is 37.8 Å². The van der Waals surface area contributed by atoms with E-state index in [0.717, 1.165) is 37.3 Å². The molecule has 1 aromatic carbocycles. The number of carbonyl (C=O) groups is 2. The zero-order chi connectivity index (χ0) is 27.0. The van der Waals surface area contributed by atoms with Gasteiger partial charge in [-0.15, -0.1) is 5.10 Å². The Morgan fingerprint density at radius 3 is 2.71 bits per heavy atom. The van der Waals surface area contributed by atoms with Crippen LogP contribution in [0, 0.1) is 5.82 Å². The summed E-state index contributed by atoms with van der Waals surface area (Å²) in [4.78, 5) is 33.7. The summed E-state index contributed by atoms with van der Waals surface area (Å²) in [6.45, 7) is 0. The third-order valence-electron chi connectivity index (χ3n) is 6.70. The third-order valence-corrected chi connectivity index (χ3v) is 6.70. The van der Waals surface area contributed by atoms with Gasteiger partial charge < -0.3 is 27.8 Å². The van der Waals surface area contributed by atoms with E-state index in [1.165, 1.54) is 12.3 Å². The molecule has 38 heavy (non-hydrogen) atoms. The van der Waals surface area contributed by atoms with Crippen LogP contribution in [-0.4, -0.2) is 48.9 Å². The number of amides is 2. The van der Waals surface area contributed by atoms with E-state index in [1.54, 1.807) is 29.9 Å². The van der Waals surface area contributed by atoms with Crippen molar-refractivity contribution in [2.75, 3.05) is 16.4 Å². The molecule has 4 aromatic rings. The van der Waals surface area contributed by atoms with E-state index < -0.39 is 17.6 Å². The summed E-state index contributed by atoms with van der Waals surface area (Å²) >= 11 is 0. The van der Waals surface area contributed by atoms with Gasteiger partial charge in [-0.1, -0.05) is 18.1 Å². The maximum Gasteiger partial charge on any atom is 0.255 e. The molecule has 1 aliphatic rings. The maximum atomic E-state index is 14.9. The number of aromatic nitrogens is 5. The normalized spacial score (nSPS) is 17.3. The molecule has 8 N–H and O–H groups in total.